The van der Waals surface area contributed by atoms with Crippen LogP contribution in [0.25, 0.3) is 0 Å². The van der Waals surface area contributed by atoms with Gasteiger partial charge < -0.3 is 11.1 Å². The number of nitrogens with two attached hydrogens (primary N) is 1. The van der Waals surface area contributed by atoms with E-state index in [4.69, 9.17) is 17.3 Å². The monoisotopic (exact) mass is 296 g/mol. The van der Waals surface area contributed by atoms with Gasteiger partial charge in [-0.25, -0.2) is 8.78 Å². The van der Waals surface area contributed by atoms with E-state index in [1.165, 1.54) is 0 Å². The molecule has 2 rings (SSSR count). The molecule has 3 N–H and O–H groups in total. The van der Waals surface area contributed by atoms with Gasteiger partial charge in [-0.3, -0.25) is 4.79 Å². The van der Waals surface area contributed by atoms with Crippen LogP contribution in [0.1, 0.15) is 15.9 Å². The number of amides is 1. The molecule has 6 heteroatoms. The first-order valence-electron chi connectivity index (χ1n) is 5.70. The Morgan fingerprint density at radius 2 is 1.90 bits per heavy atom. The summed E-state index contributed by atoms with van der Waals surface area (Å²) in [7, 11) is 0. The average Bonchev–Trinajstić information content (AvgIpc) is 2.37. The summed E-state index contributed by atoms with van der Waals surface area (Å²) in [5.41, 5.74) is 6.89. The highest BCUT2D eigenvalue weighted by Crippen LogP contribution is 2.23. The predicted molar refractivity (Wildman–Crippen MR) is 74.9 cm³/mol. The van der Waals surface area contributed by atoms with Crippen LogP contribution >= 0.6 is 11.6 Å². The van der Waals surface area contributed by atoms with E-state index in [-0.39, 0.29) is 5.02 Å². The molecule has 2 aromatic rings. The lowest BCUT2D eigenvalue weighted by molar-refractivity contribution is 0.102. The molecule has 0 heterocycles. The summed E-state index contributed by atoms with van der Waals surface area (Å²) in [6, 6.07) is 6.49. The van der Waals surface area contributed by atoms with Crippen molar-refractivity contribution in [3.8, 4) is 0 Å². The Kier molecular flexibility index (Phi) is 3.90. The highest BCUT2D eigenvalue weighted by molar-refractivity contribution is 6.30. The second-order valence-electron chi connectivity index (χ2n) is 4.29. The Labute approximate surface area is 119 Å². The first kappa shape index (κ1) is 14.3. The van der Waals surface area contributed by atoms with Gasteiger partial charge in [0.05, 0.1) is 22.0 Å². The number of halogens is 3. The zero-order valence-electron chi connectivity index (χ0n) is 10.5. The number of carbonyl (C=O) groups is 1. The maximum Gasteiger partial charge on any atom is 0.258 e. The van der Waals surface area contributed by atoms with Crippen LogP contribution in [-0.2, 0) is 0 Å². The number of hydrogen-bond donors (Lipinski definition) is 2. The molecule has 0 saturated heterocycles. The number of rotatable bonds is 2. The highest BCUT2D eigenvalue weighted by atomic mass is 35.5. The maximum atomic E-state index is 13.6. The minimum absolute atomic E-state index is 0.329. The maximum absolute atomic E-state index is 13.6. The molecule has 0 aliphatic heterocycles. The van der Waals surface area contributed by atoms with E-state index < -0.39 is 23.1 Å². The number of anilines is 2. The van der Waals surface area contributed by atoms with Crippen molar-refractivity contribution in [2.24, 2.45) is 0 Å². The Balaban J connectivity index is 2.31. The fourth-order valence-corrected chi connectivity index (χ4v) is 1.83. The van der Waals surface area contributed by atoms with Crippen molar-refractivity contribution in [3.05, 3.63) is 58.1 Å². The lowest BCUT2D eigenvalue weighted by Gasteiger charge is -2.10. The number of hydrogen-bond acceptors (Lipinski definition) is 2. The lowest BCUT2D eigenvalue weighted by Crippen LogP contribution is -2.15. The number of aryl methyl sites for hydroxylation is 1. The zero-order chi connectivity index (χ0) is 14.9. The van der Waals surface area contributed by atoms with Crippen LogP contribution < -0.4 is 11.1 Å². The van der Waals surface area contributed by atoms with E-state index in [1.54, 1.807) is 18.2 Å². The second-order valence-corrected chi connectivity index (χ2v) is 4.70. The van der Waals surface area contributed by atoms with E-state index in [0.29, 0.717) is 11.4 Å². The van der Waals surface area contributed by atoms with Crippen molar-refractivity contribution in [1.29, 1.82) is 0 Å². The van der Waals surface area contributed by atoms with Crippen molar-refractivity contribution in [1.82, 2.24) is 0 Å². The molecular weight excluding hydrogens is 286 g/mol. The van der Waals surface area contributed by atoms with E-state index >= 15 is 0 Å². The first-order chi connectivity index (χ1) is 9.38. The molecule has 0 atom stereocenters. The van der Waals surface area contributed by atoms with Gasteiger partial charge in [0.2, 0.25) is 0 Å². The van der Waals surface area contributed by atoms with Crippen molar-refractivity contribution in [2.45, 2.75) is 6.92 Å². The molecule has 0 spiro atoms. The predicted octanol–water partition coefficient (Wildman–Crippen LogP) is 3.76. The second kappa shape index (κ2) is 5.46. The third kappa shape index (κ3) is 2.88. The van der Waals surface area contributed by atoms with Crippen LogP contribution in [0.5, 0.6) is 0 Å². The summed E-state index contributed by atoms with van der Waals surface area (Å²) >= 11 is 5.43. The fraction of sp³-hybridized carbons (Fsp3) is 0.0714. The normalized spacial score (nSPS) is 10.4. The molecular formula is C14H11ClF2N2O. The van der Waals surface area contributed by atoms with E-state index in [0.717, 1.165) is 17.7 Å². The van der Waals surface area contributed by atoms with Crippen LogP contribution in [0.2, 0.25) is 5.02 Å². The van der Waals surface area contributed by atoms with E-state index in [9.17, 15) is 13.6 Å². The topological polar surface area (TPSA) is 55.1 Å². The van der Waals surface area contributed by atoms with Gasteiger partial charge in [-0.1, -0.05) is 17.7 Å². The Morgan fingerprint density at radius 1 is 1.20 bits per heavy atom. The van der Waals surface area contributed by atoms with E-state index in [1.807, 2.05) is 6.92 Å². The lowest BCUT2D eigenvalue weighted by atomic mass is 10.1. The summed E-state index contributed by atoms with van der Waals surface area (Å²) in [6.45, 7) is 1.84. The first-order valence-corrected chi connectivity index (χ1v) is 6.08. The Morgan fingerprint density at radius 3 is 2.55 bits per heavy atom. The SMILES string of the molecule is Cc1ccc(NC(=O)c2cc(F)c(Cl)cc2F)c(N)c1. The third-order valence-corrected chi connectivity index (χ3v) is 3.00. The van der Waals surface area contributed by atoms with Gasteiger partial charge in [0.1, 0.15) is 11.6 Å². The molecule has 0 fully saturated rings. The minimum atomic E-state index is -0.903. The molecule has 0 aliphatic carbocycles. The molecule has 1 amide bonds. The molecule has 0 bridgehead atoms. The van der Waals surface area contributed by atoms with Crippen LogP contribution in [0.3, 0.4) is 0 Å². The summed E-state index contributed by atoms with van der Waals surface area (Å²) in [5.74, 6) is -2.57. The van der Waals surface area contributed by atoms with Crippen LogP contribution in [-0.4, -0.2) is 5.91 Å². The average molecular weight is 297 g/mol. The van der Waals surface area contributed by atoms with Gasteiger partial charge >= 0.3 is 0 Å². The number of carbonyl (C=O) groups excluding carboxylic acids is 1. The molecule has 0 aliphatic rings. The molecule has 0 radical (unpaired) electrons. The van der Waals surface area contributed by atoms with Crippen molar-refractivity contribution < 1.29 is 13.6 Å². The zero-order valence-corrected chi connectivity index (χ0v) is 11.3. The number of nitrogens with one attached hydrogen (secondary N) is 1. The number of benzene rings is 2. The molecule has 2 aromatic carbocycles. The Bertz CT molecular complexity index is 689. The standard InChI is InChI=1S/C14H11ClF2N2O/c1-7-2-3-13(12(18)4-7)19-14(20)8-5-11(17)9(15)6-10(8)16/h2-6H,18H2,1H3,(H,19,20). The summed E-state index contributed by atoms with van der Waals surface area (Å²) in [4.78, 5) is 11.9. The number of nitrogen functional groups attached to an aromatic ring is 1. The molecule has 0 unspecified atom stereocenters. The molecule has 0 saturated carbocycles. The quantitative estimate of drug-likeness (QED) is 0.655. The van der Waals surface area contributed by atoms with Gasteiger partial charge in [-0.2, -0.15) is 0 Å². The van der Waals surface area contributed by atoms with Gasteiger partial charge in [-0.05, 0) is 36.8 Å². The van der Waals surface area contributed by atoms with Crippen LogP contribution in [0.4, 0.5) is 20.2 Å². The van der Waals surface area contributed by atoms with Gasteiger partial charge in [0.25, 0.3) is 5.91 Å². The smallest absolute Gasteiger partial charge is 0.258 e. The Hall–Kier alpha value is -2.14. The van der Waals surface area contributed by atoms with Gasteiger partial charge in [0.15, 0.2) is 0 Å². The summed E-state index contributed by atoms with van der Waals surface area (Å²) in [5, 5.41) is 2.05. The third-order valence-electron chi connectivity index (χ3n) is 2.71. The fourth-order valence-electron chi connectivity index (χ4n) is 1.68. The van der Waals surface area contributed by atoms with Crippen molar-refractivity contribution in [2.75, 3.05) is 11.1 Å². The van der Waals surface area contributed by atoms with Gasteiger partial charge in [0, 0.05) is 0 Å². The molecule has 104 valence electrons. The van der Waals surface area contributed by atoms with E-state index in [2.05, 4.69) is 5.32 Å². The van der Waals surface area contributed by atoms with Crippen LogP contribution in [0.15, 0.2) is 30.3 Å². The van der Waals surface area contributed by atoms with Crippen molar-refractivity contribution in [3.63, 3.8) is 0 Å². The van der Waals surface area contributed by atoms with Crippen LogP contribution in [0, 0.1) is 18.6 Å². The minimum Gasteiger partial charge on any atom is -0.397 e. The largest absolute Gasteiger partial charge is 0.397 e. The molecule has 3 nitrogen and oxygen atoms in total. The van der Waals surface area contributed by atoms with Crippen molar-refractivity contribution >= 4 is 28.9 Å². The summed E-state index contributed by atoms with van der Waals surface area (Å²) < 4.78 is 26.9. The van der Waals surface area contributed by atoms with Gasteiger partial charge in [-0.15, -0.1) is 0 Å². The highest BCUT2D eigenvalue weighted by Gasteiger charge is 2.16. The molecule has 20 heavy (non-hydrogen) atoms. The summed E-state index contributed by atoms with van der Waals surface area (Å²) in [6.07, 6.45) is 0. The molecule has 0 aromatic heterocycles.